The summed E-state index contributed by atoms with van der Waals surface area (Å²) in [5.41, 5.74) is 0.992. The molecule has 110 valence electrons. The predicted molar refractivity (Wildman–Crippen MR) is 84.5 cm³/mol. The normalized spacial score (nSPS) is 10.2. The highest BCUT2D eigenvalue weighted by molar-refractivity contribution is 6.33. The molecule has 0 bridgehead atoms. The molecule has 0 atom stereocenters. The lowest BCUT2D eigenvalue weighted by Crippen LogP contribution is -2.12. The monoisotopic (exact) mass is 324 g/mol. The molecular weight excluding hydrogens is 311 g/mol. The lowest BCUT2D eigenvalue weighted by Gasteiger charge is -2.08. The fourth-order valence-corrected chi connectivity index (χ4v) is 1.87. The molecule has 1 amide bonds. The summed E-state index contributed by atoms with van der Waals surface area (Å²) < 4.78 is 5.47. The van der Waals surface area contributed by atoms with Crippen LogP contribution in [0.15, 0.2) is 42.7 Å². The maximum Gasteiger partial charge on any atom is 0.255 e. The van der Waals surface area contributed by atoms with Gasteiger partial charge < -0.3 is 10.1 Å². The number of pyridine rings is 1. The summed E-state index contributed by atoms with van der Waals surface area (Å²) in [7, 11) is 0. The Kier molecular flexibility index (Phi) is 5.84. The fraction of sp³-hybridized carbons (Fsp3) is 0.200. The lowest BCUT2D eigenvalue weighted by molar-refractivity contribution is 0.102. The second-order valence-electron chi connectivity index (χ2n) is 4.23. The van der Waals surface area contributed by atoms with Gasteiger partial charge in [-0.15, -0.1) is 11.6 Å². The molecule has 0 aliphatic heterocycles. The summed E-state index contributed by atoms with van der Waals surface area (Å²) in [5, 5.41) is 3.15. The number of rotatable bonds is 6. The van der Waals surface area contributed by atoms with Crippen molar-refractivity contribution in [2.24, 2.45) is 0 Å². The summed E-state index contributed by atoms with van der Waals surface area (Å²) in [6.45, 7) is 0.556. The molecule has 1 aromatic heterocycles. The molecule has 0 fully saturated rings. The number of carbonyl (C=O) groups is 1. The number of ether oxygens (including phenoxy) is 1. The molecule has 21 heavy (non-hydrogen) atoms. The van der Waals surface area contributed by atoms with E-state index in [9.17, 15) is 4.79 Å². The van der Waals surface area contributed by atoms with Crippen LogP contribution in [0.4, 0.5) is 5.69 Å². The van der Waals surface area contributed by atoms with Crippen LogP contribution in [0.25, 0.3) is 0 Å². The lowest BCUT2D eigenvalue weighted by atomic mass is 10.2. The number of halogens is 2. The number of hydrogen-bond donors (Lipinski definition) is 1. The van der Waals surface area contributed by atoms with Crippen LogP contribution in [-0.2, 0) is 0 Å². The predicted octanol–water partition coefficient (Wildman–Crippen LogP) is 4.00. The maximum atomic E-state index is 12.1. The second-order valence-corrected chi connectivity index (χ2v) is 5.01. The van der Waals surface area contributed by atoms with Gasteiger partial charge in [-0.1, -0.05) is 11.6 Å². The van der Waals surface area contributed by atoms with Gasteiger partial charge in [0.15, 0.2) is 0 Å². The van der Waals surface area contributed by atoms with Gasteiger partial charge in [0.25, 0.3) is 5.91 Å². The van der Waals surface area contributed by atoms with Crippen molar-refractivity contribution in [3.8, 4) is 5.75 Å². The SMILES string of the molecule is O=C(Nc1cnccc1Cl)c1ccc(OCCCCl)cc1. The van der Waals surface area contributed by atoms with Gasteiger partial charge >= 0.3 is 0 Å². The maximum absolute atomic E-state index is 12.1. The quantitative estimate of drug-likeness (QED) is 0.645. The van der Waals surface area contributed by atoms with Gasteiger partial charge in [0.2, 0.25) is 0 Å². The molecular formula is C15H14Cl2N2O2. The molecule has 0 radical (unpaired) electrons. The Morgan fingerprint density at radius 3 is 2.67 bits per heavy atom. The number of anilines is 1. The molecule has 0 saturated carbocycles. The Hall–Kier alpha value is -1.78. The number of nitrogens with zero attached hydrogens (tertiary/aromatic N) is 1. The van der Waals surface area contributed by atoms with E-state index >= 15 is 0 Å². The first-order valence-corrected chi connectivity index (χ1v) is 7.31. The van der Waals surface area contributed by atoms with E-state index in [0.717, 1.165) is 6.42 Å². The van der Waals surface area contributed by atoms with Gasteiger partial charge in [-0.2, -0.15) is 0 Å². The van der Waals surface area contributed by atoms with Crippen molar-refractivity contribution in [1.82, 2.24) is 4.98 Å². The number of nitrogens with one attached hydrogen (secondary N) is 1. The van der Waals surface area contributed by atoms with Gasteiger partial charge in [0.1, 0.15) is 5.75 Å². The summed E-state index contributed by atoms with van der Waals surface area (Å²) in [6, 6.07) is 8.48. The van der Waals surface area contributed by atoms with E-state index in [4.69, 9.17) is 27.9 Å². The number of aromatic nitrogens is 1. The minimum atomic E-state index is -0.253. The zero-order valence-corrected chi connectivity index (χ0v) is 12.7. The Balaban J connectivity index is 1.98. The van der Waals surface area contributed by atoms with Crippen LogP contribution in [0, 0.1) is 0 Å². The number of alkyl halides is 1. The molecule has 0 spiro atoms. The van der Waals surface area contributed by atoms with Crippen molar-refractivity contribution < 1.29 is 9.53 Å². The molecule has 4 nitrogen and oxygen atoms in total. The van der Waals surface area contributed by atoms with Crippen molar-refractivity contribution in [3.05, 3.63) is 53.3 Å². The molecule has 0 aliphatic rings. The van der Waals surface area contributed by atoms with Crippen molar-refractivity contribution in [3.63, 3.8) is 0 Å². The number of benzene rings is 1. The zero-order chi connectivity index (χ0) is 15.1. The third kappa shape index (κ3) is 4.62. The minimum Gasteiger partial charge on any atom is -0.494 e. The highest BCUT2D eigenvalue weighted by atomic mass is 35.5. The third-order valence-corrected chi connectivity index (χ3v) is 3.28. The second kappa shape index (κ2) is 7.86. The number of amides is 1. The van der Waals surface area contributed by atoms with Gasteiger partial charge in [-0.25, -0.2) is 0 Å². The highest BCUT2D eigenvalue weighted by Gasteiger charge is 2.08. The number of carbonyl (C=O) groups excluding carboxylic acids is 1. The van der Waals surface area contributed by atoms with Crippen LogP contribution in [0.3, 0.4) is 0 Å². The van der Waals surface area contributed by atoms with Gasteiger partial charge in [-0.3, -0.25) is 9.78 Å². The Morgan fingerprint density at radius 2 is 2.00 bits per heavy atom. The standard InChI is InChI=1S/C15H14Cl2N2O2/c16-7-1-9-21-12-4-2-11(3-5-12)15(20)19-14-10-18-8-6-13(14)17/h2-6,8,10H,1,7,9H2,(H,19,20). The van der Waals surface area contributed by atoms with Crippen molar-refractivity contribution in [2.45, 2.75) is 6.42 Å². The van der Waals surface area contributed by atoms with E-state index < -0.39 is 0 Å². The molecule has 6 heteroatoms. The van der Waals surface area contributed by atoms with Crippen LogP contribution in [0.1, 0.15) is 16.8 Å². The molecule has 0 saturated heterocycles. The average Bonchev–Trinajstić information content (AvgIpc) is 2.50. The van der Waals surface area contributed by atoms with Crippen LogP contribution in [-0.4, -0.2) is 23.4 Å². The fourth-order valence-electron chi connectivity index (χ4n) is 1.61. The topological polar surface area (TPSA) is 51.2 Å². The van der Waals surface area contributed by atoms with Gasteiger partial charge in [0, 0.05) is 17.6 Å². The van der Waals surface area contributed by atoms with E-state index in [-0.39, 0.29) is 5.91 Å². The van der Waals surface area contributed by atoms with Gasteiger partial charge in [-0.05, 0) is 36.8 Å². The molecule has 2 aromatic rings. The average molecular weight is 325 g/mol. The van der Waals surface area contributed by atoms with E-state index in [0.29, 0.717) is 34.5 Å². The van der Waals surface area contributed by atoms with E-state index in [1.54, 1.807) is 36.5 Å². The van der Waals surface area contributed by atoms with Gasteiger partial charge in [0.05, 0.1) is 23.5 Å². The minimum absolute atomic E-state index is 0.253. The summed E-state index contributed by atoms with van der Waals surface area (Å²) in [6.07, 6.45) is 3.85. The summed E-state index contributed by atoms with van der Waals surface area (Å²) in [5.74, 6) is 1.01. The zero-order valence-electron chi connectivity index (χ0n) is 11.2. The summed E-state index contributed by atoms with van der Waals surface area (Å²) in [4.78, 5) is 16.0. The van der Waals surface area contributed by atoms with Crippen LogP contribution >= 0.6 is 23.2 Å². The molecule has 1 aromatic carbocycles. The van der Waals surface area contributed by atoms with Crippen molar-refractivity contribution >= 4 is 34.8 Å². The number of hydrogen-bond acceptors (Lipinski definition) is 3. The molecule has 2 rings (SSSR count). The first-order valence-electron chi connectivity index (χ1n) is 6.40. The first kappa shape index (κ1) is 15.6. The summed E-state index contributed by atoms with van der Waals surface area (Å²) >= 11 is 11.5. The molecule has 0 unspecified atom stereocenters. The molecule has 0 aliphatic carbocycles. The smallest absolute Gasteiger partial charge is 0.255 e. The largest absolute Gasteiger partial charge is 0.494 e. The van der Waals surface area contributed by atoms with Crippen LogP contribution in [0.5, 0.6) is 5.75 Å². The highest BCUT2D eigenvalue weighted by Crippen LogP contribution is 2.20. The van der Waals surface area contributed by atoms with E-state index in [1.807, 2.05) is 0 Å². The van der Waals surface area contributed by atoms with E-state index in [2.05, 4.69) is 10.3 Å². The Morgan fingerprint density at radius 1 is 1.24 bits per heavy atom. The van der Waals surface area contributed by atoms with Crippen molar-refractivity contribution in [1.29, 1.82) is 0 Å². The van der Waals surface area contributed by atoms with Crippen LogP contribution < -0.4 is 10.1 Å². The Labute approximate surface area is 133 Å². The van der Waals surface area contributed by atoms with E-state index in [1.165, 1.54) is 6.20 Å². The van der Waals surface area contributed by atoms with Crippen LogP contribution in [0.2, 0.25) is 5.02 Å². The molecule has 1 N–H and O–H groups in total. The Bertz CT molecular complexity index is 603. The van der Waals surface area contributed by atoms with Crippen molar-refractivity contribution in [2.75, 3.05) is 17.8 Å². The third-order valence-electron chi connectivity index (χ3n) is 2.68. The molecule has 1 heterocycles. The first-order chi connectivity index (χ1) is 10.2.